The average Bonchev–Trinajstić information content (AvgIpc) is 2.92. The van der Waals surface area contributed by atoms with Crippen molar-refractivity contribution in [2.45, 2.75) is 31.6 Å². The summed E-state index contributed by atoms with van der Waals surface area (Å²) in [6, 6.07) is 3.38. The molecule has 0 aliphatic heterocycles. The minimum atomic E-state index is -3.79. The van der Waals surface area contributed by atoms with Crippen LogP contribution in [0, 0.1) is 6.92 Å². The first-order valence-corrected chi connectivity index (χ1v) is 7.60. The van der Waals surface area contributed by atoms with Crippen LogP contribution in [0.2, 0.25) is 0 Å². The molecule has 0 aliphatic rings. The summed E-state index contributed by atoms with van der Waals surface area (Å²) in [7, 11) is -2.34. The molecular formula is C13H17N3O3S. The fraction of sp³-hybridized carbons (Fsp3) is 0.385. The fourth-order valence-electron chi connectivity index (χ4n) is 2.08. The summed E-state index contributed by atoms with van der Waals surface area (Å²) >= 11 is 0. The number of ether oxygens (including phenoxy) is 1. The second-order valence-electron chi connectivity index (χ2n) is 4.79. The number of benzene rings is 1. The van der Waals surface area contributed by atoms with Gasteiger partial charge in [0, 0.05) is 0 Å². The molecule has 0 spiro atoms. The normalized spacial score (nSPS) is 11.8. The number of aromatic nitrogens is 3. The largest absolute Gasteiger partial charge is 0.495 e. The molecule has 0 aliphatic carbocycles. The molecule has 20 heavy (non-hydrogen) atoms. The van der Waals surface area contributed by atoms with E-state index in [-0.39, 0.29) is 10.8 Å². The Morgan fingerprint density at radius 2 is 2.00 bits per heavy atom. The molecule has 0 saturated heterocycles. The molecule has 0 amide bonds. The lowest BCUT2D eigenvalue weighted by Gasteiger charge is -2.15. The molecule has 108 valence electrons. The van der Waals surface area contributed by atoms with Crippen molar-refractivity contribution in [3.8, 4) is 5.75 Å². The first kappa shape index (κ1) is 14.5. The summed E-state index contributed by atoms with van der Waals surface area (Å²) in [5.41, 5.74) is 1.96. The van der Waals surface area contributed by atoms with Crippen molar-refractivity contribution in [2.75, 3.05) is 7.11 Å². The van der Waals surface area contributed by atoms with Crippen molar-refractivity contribution in [1.29, 1.82) is 0 Å². The minimum absolute atomic E-state index is 0.0970. The lowest BCUT2D eigenvalue weighted by molar-refractivity contribution is 0.401. The third-order valence-electron chi connectivity index (χ3n) is 3.10. The Kier molecular flexibility index (Phi) is 3.80. The van der Waals surface area contributed by atoms with Crippen LogP contribution in [0.1, 0.15) is 30.9 Å². The van der Waals surface area contributed by atoms with Crippen LogP contribution in [0.15, 0.2) is 29.7 Å². The van der Waals surface area contributed by atoms with Crippen molar-refractivity contribution < 1.29 is 13.2 Å². The van der Waals surface area contributed by atoms with Crippen LogP contribution in [0.4, 0.5) is 0 Å². The van der Waals surface area contributed by atoms with Gasteiger partial charge in [-0.05, 0) is 36.1 Å². The maximum atomic E-state index is 12.5. The molecule has 0 unspecified atom stereocenters. The predicted octanol–water partition coefficient (Wildman–Crippen LogP) is 1.96. The molecule has 0 N–H and O–H groups in total. The molecule has 0 atom stereocenters. The van der Waals surface area contributed by atoms with E-state index in [1.807, 2.05) is 20.8 Å². The molecule has 2 aromatic rings. The summed E-state index contributed by atoms with van der Waals surface area (Å²) in [4.78, 5) is 3.77. The van der Waals surface area contributed by atoms with Gasteiger partial charge >= 0.3 is 0 Å². The predicted molar refractivity (Wildman–Crippen MR) is 74.4 cm³/mol. The van der Waals surface area contributed by atoms with Gasteiger partial charge in [0.05, 0.1) is 7.11 Å². The van der Waals surface area contributed by atoms with E-state index in [1.54, 1.807) is 12.1 Å². The number of rotatable bonds is 4. The third-order valence-corrected chi connectivity index (χ3v) is 4.65. The third kappa shape index (κ3) is 2.40. The van der Waals surface area contributed by atoms with E-state index in [0.29, 0.717) is 5.75 Å². The number of hydrogen-bond donors (Lipinski definition) is 0. The zero-order valence-corrected chi connectivity index (χ0v) is 12.7. The summed E-state index contributed by atoms with van der Waals surface area (Å²) in [5, 5.41) is 3.70. The van der Waals surface area contributed by atoms with E-state index >= 15 is 0 Å². The van der Waals surface area contributed by atoms with Crippen molar-refractivity contribution >= 4 is 10.0 Å². The van der Waals surface area contributed by atoms with Gasteiger partial charge < -0.3 is 4.74 Å². The van der Waals surface area contributed by atoms with Crippen LogP contribution in [0.5, 0.6) is 5.75 Å². The first-order chi connectivity index (χ1) is 9.37. The van der Waals surface area contributed by atoms with Gasteiger partial charge in [0.2, 0.25) is 0 Å². The lowest BCUT2D eigenvalue weighted by Crippen LogP contribution is -2.15. The molecule has 1 aromatic heterocycles. The number of aryl methyl sites for hydroxylation is 1. The van der Waals surface area contributed by atoms with E-state index < -0.39 is 10.0 Å². The summed E-state index contributed by atoms with van der Waals surface area (Å²) in [6.45, 7) is 5.96. The summed E-state index contributed by atoms with van der Waals surface area (Å²) in [5.74, 6) is 0.521. The van der Waals surface area contributed by atoms with Crippen molar-refractivity contribution in [1.82, 2.24) is 14.2 Å². The molecule has 0 saturated carbocycles. The van der Waals surface area contributed by atoms with E-state index in [1.165, 1.54) is 13.4 Å². The maximum absolute atomic E-state index is 12.5. The molecule has 1 heterocycles. The van der Waals surface area contributed by atoms with E-state index in [9.17, 15) is 8.42 Å². The SMILES string of the molecule is COc1cc(C)c(C(C)C)cc1S(=O)(=O)n1cncn1. The van der Waals surface area contributed by atoms with Crippen molar-refractivity contribution in [3.05, 3.63) is 35.9 Å². The molecule has 6 nitrogen and oxygen atoms in total. The number of hydrogen-bond acceptors (Lipinski definition) is 5. The van der Waals surface area contributed by atoms with Gasteiger partial charge in [-0.1, -0.05) is 13.8 Å². The van der Waals surface area contributed by atoms with Gasteiger partial charge in [-0.25, -0.2) is 4.98 Å². The molecule has 0 fully saturated rings. The number of nitrogens with zero attached hydrogens (tertiary/aromatic N) is 3. The van der Waals surface area contributed by atoms with Gasteiger partial charge in [-0.3, -0.25) is 0 Å². The van der Waals surface area contributed by atoms with Gasteiger partial charge in [-0.2, -0.15) is 8.42 Å². The maximum Gasteiger partial charge on any atom is 0.288 e. The second-order valence-corrected chi connectivity index (χ2v) is 6.55. The molecular weight excluding hydrogens is 278 g/mol. The number of methoxy groups -OCH3 is 1. The monoisotopic (exact) mass is 295 g/mol. The Labute approximate surface area is 118 Å². The van der Waals surface area contributed by atoms with Crippen LogP contribution >= 0.6 is 0 Å². The average molecular weight is 295 g/mol. The van der Waals surface area contributed by atoms with E-state index in [0.717, 1.165) is 21.5 Å². The fourth-order valence-corrected chi connectivity index (χ4v) is 3.30. The molecule has 1 aromatic carbocycles. The molecule has 7 heteroatoms. The van der Waals surface area contributed by atoms with Gasteiger partial charge in [0.25, 0.3) is 10.0 Å². The van der Waals surface area contributed by atoms with Crippen molar-refractivity contribution in [2.24, 2.45) is 0 Å². The smallest absolute Gasteiger partial charge is 0.288 e. The highest BCUT2D eigenvalue weighted by molar-refractivity contribution is 7.90. The van der Waals surface area contributed by atoms with E-state index in [4.69, 9.17) is 4.74 Å². The standard InChI is InChI=1S/C13H17N3O3S/c1-9(2)11-6-13(12(19-4)5-10(11)3)20(17,18)16-8-14-7-15-16/h5-9H,1-4H3. The molecule has 0 bridgehead atoms. The zero-order valence-electron chi connectivity index (χ0n) is 11.9. The quantitative estimate of drug-likeness (QED) is 0.862. The summed E-state index contributed by atoms with van der Waals surface area (Å²) in [6.07, 6.45) is 2.34. The lowest BCUT2D eigenvalue weighted by atomic mass is 9.98. The van der Waals surface area contributed by atoms with Gasteiger partial charge in [0.1, 0.15) is 23.3 Å². The Balaban J connectivity index is 2.70. The summed E-state index contributed by atoms with van der Waals surface area (Å²) < 4.78 is 31.1. The van der Waals surface area contributed by atoms with Gasteiger partial charge in [0.15, 0.2) is 0 Å². The topological polar surface area (TPSA) is 74.1 Å². The van der Waals surface area contributed by atoms with Crippen LogP contribution in [0.25, 0.3) is 0 Å². The molecule has 0 radical (unpaired) electrons. The Morgan fingerprint density at radius 3 is 2.50 bits per heavy atom. The first-order valence-electron chi connectivity index (χ1n) is 6.16. The minimum Gasteiger partial charge on any atom is -0.495 e. The van der Waals surface area contributed by atoms with Gasteiger partial charge in [-0.15, -0.1) is 9.19 Å². The Morgan fingerprint density at radius 1 is 1.30 bits per heavy atom. The van der Waals surface area contributed by atoms with E-state index in [2.05, 4.69) is 10.1 Å². The zero-order chi connectivity index (χ0) is 14.9. The van der Waals surface area contributed by atoms with Crippen LogP contribution in [-0.4, -0.2) is 29.7 Å². The van der Waals surface area contributed by atoms with Crippen LogP contribution in [-0.2, 0) is 10.0 Å². The van der Waals surface area contributed by atoms with Crippen LogP contribution < -0.4 is 4.74 Å². The highest BCUT2D eigenvalue weighted by Gasteiger charge is 2.24. The Bertz CT molecular complexity index is 707. The van der Waals surface area contributed by atoms with Crippen molar-refractivity contribution in [3.63, 3.8) is 0 Å². The molecule has 2 rings (SSSR count). The van der Waals surface area contributed by atoms with Crippen LogP contribution in [0.3, 0.4) is 0 Å². The Hall–Kier alpha value is -1.89. The highest BCUT2D eigenvalue weighted by atomic mass is 32.2. The highest BCUT2D eigenvalue weighted by Crippen LogP contribution is 2.31. The second kappa shape index (κ2) is 5.24.